The van der Waals surface area contributed by atoms with Gasteiger partial charge in [0.25, 0.3) is 0 Å². The second-order valence-corrected chi connectivity index (χ2v) is 11.4. The molecule has 1 aliphatic carbocycles. The van der Waals surface area contributed by atoms with Crippen LogP contribution in [0.3, 0.4) is 0 Å². The Morgan fingerprint density at radius 2 is 1.97 bits per heavy atom. The van der Waals surface area contributed by atoms with Gasteiger partial charge in [0.15, 0.2) is 0 Å². The molecule has 2 heterocycles. The summed E-state index contributed by atoms with van der Waals surface area (Å²) in [6, 6.07) is 6.77. The predicted molar refractivity (Wildman–Crippen MR) is 113 cm³/mol. The molecule has 0 unspecified atom stereocenters. The van der Waals surface area contributed by atoms with Gasteiger partial charge < -0.3 is 9.47 Å². The van der Waals surface area contributed by atoms with E-state index in [4.69, 9.17) is 9.47 Å². The number of carbonyl (C=O) groups excluding carboxylic acids is 1. The number of nitrogens with zero attached hydrogens (tertiary/aromatic N) is 1. The van der Waals surface area contributed by atoms with Crippen molar-refractivity contribution in [3.05, 3.63) is 42.0 Å². The van der Waals surface area contributed by atoms with Crippen LogP contribution in [0.2, 0.25) is 0 Å². The molecule has 2 aliphatic heterocycles. The van der Waals surface area contributed by atoms with E-state index < -0.39 is 15.4 Å². The average molecular weight is 434 g/mol. The van der Waals surface area contributed by atoms with Gasteiger partial charge in [0.2, 0.25) is 10.0 Å². The van der Waals surface area contributed by atoms with Gasteiger partial charge in [-0.3, -0.25) is 4.79 Å². The molecule has 0 N–H and O–H groups in total. The minimum absolute atomic E-state index is 0.0186. The summed E-state index contributed by atoms with van der Waals surface area (Å²) in [6.07, 6.45) is 0.613. The lowest BCUT2D eigenvalue weighted by Gasteiger charge is -2.35. The monoisotopic (exact) mass is 433 g/mol. The van der Waals surface area contributed by atoms with Crippen molar-refractivity contribution in [2.45, 2.75) is 57.6 Å². The number of carbonyl (C=O) groups is 1. The van der Waals surface area contributed by atoms with E-state index in [-0.39, 0.29) is 35.9 Å². The van der Waals surface area contributed by atoms with Crippen molar-refractivity contribution < 1.29 is 22.7 Å². The van der Waals surface area contributed by atoms with Crippen LogP contribution in [0.5, 0.6) is 0 Å². The Morgan fingerprint density at radius 3 is 2.60 bits per heavy atom. The maximum absolute atomic E-state index is 13.5. The lowest BCUT2D eigenvalue weighted by Crippen LogP contribution is -2.42. The number of hydrogen-bond acceptors (Lipinski definition) is 5. The molecule has 164 valence electrons. The fourth-order valence-corrected chi connectivity index (χ4v) is 7.77. The SMILES string of the molecule is C=C1CN(S(=O)(=O)c2ccc(C)cc2)[C@@H]2CC(C)(C)[C@H]3[C@@H](CC(=O)OCC)OC[C@]132. The number of ether oxygens (including phenoxy) is 2. The zero-order valence-corrected chi connectivity index (χ0v) is 19.0. The van der Waals surface area contributed by atoms with E-state index >= 15 is 0 Å². The first-order valence-corrected chi connectivity index (χ1v) is 12.0. The Hall–Kier alpha value is -1.70. The summed E-state index contributed by atoms with van der Waals surface area (Å²) in [7, 11) is -3.66. The number of aryl methyl sites for hydroxylation is 1. The molecule has 3 aliphatic rings. The molecule has 30 heavy (non-hydrogen) atoms. The van der Waals surface area contributed by atoms with E-state index in [9.17, 15) is 13.2 Å². The Kier molecular flexibility index (Phi) is 5.15. The van der Waals surface area contributed by atoms with Gasteiger partial charge >= 0.3 is 5.97 Å². The van der Waals surface area contributed by atoms with Crippen LogP contribution in [-0.2, 0) is 24.3 Å². The molecule has 1 aromatic rings. The van der Waals surface area contributed by atoms with E-state index in [0.717, 1.165) is 11.1 Å². The largest absolute Gasteiger partial charge is 0.466 e. The van der Waals surface area contributed by atoms with Gasteiger partial charge in [-0.1, -0.05) is 43.7 Å². The predicted octanol–water partition coefficient (Wildman–Crippen LogP) is 3.31. The van der Waals surface area contributed by atoms with Gasteiger partial charge in [-0.15, -0.1) is 0 Å². The number of benzene rings is 1. The quantitative estimate of drug-likeness (QED) is 0.526. The summed E-state index contributed by atoms with van der Waals surface area (Å²) in [4.78, 5) is 12.5. The Morgan fingerprint density at radius 1 is 1.30 bits per heavy atom. The Bertz CT molecular complexity index is 968. The van der Waals surface area contributed by atoms with Gasteiger partial charge in [0.05, 0.1) is 30.6 Å². The highest BCUT2D eigenvalue weighted by molar-refractivity contribution is 7.89. The molecular weight excluding hydrogens is 402 g/mol. The molecule has 4 rings (SSSR count). The summed E-state index contributed by atoms with van der Waals surface area (Å²) in [5.74, 6) is -0.253. The standard InChI is InChI=1S/C23H31NO5S/c1-6-28-20(25)11-18-21-22(4,5)12-19-23(21,14-29-18)16(3)13-24(19)30(26,27)17-9-7-15(2)8-10-17/h7-10,18-19,21H,3,6,11-14H2,1-2,4-5H3/t18-,19-,21-,23-/m1/s1. The van der Waals surface area contributed by atoms with Gasteiger partial charge in [0, 0.05) is 23.9 Å². The van der Waals surface area contributed by atoms with Crippen LogP contribution in [0.15, 0.2) is 41.3 Å². The molecule has 0 amide bonds. The third-order valence-electron chi connectivity index (χ3n) is 7.27. The van der Waals surface area contributed by atoms with Crippen molar-refractivity contribution in [3.8, 4) is 0 Å². The maximum atomic E-state index is 13.5. The molecule has 0 bridgehead atoms. The van der Waals surface area contributed by atoms with Crippen molar-refractivity contribution in [3.63, 3.8) is 0 Å². The summed E-state index contributed by atoms with van der Waals surface area (Å²) in [5, 5.41) is 0. The van der Waals surface area contributed by atoms with Crippen molar-refractivity contribution in [2.75, 3.05) is 19.8 Å². The number of esters is 1. The van der Waals surface area contributed by atoms with Crippen molar-refractivity contribution >= 4 is 16.0 Å². The molecular formula is C23H31NO5S. The summed E-state index contributed by atoms with van der Waals surface area (Å²) in [5.41, 5.74) is 1.26. The smallest absolute Gasteiger partial charge is 0.308 e. The average Bonchev–Trinajstić information content (AvgIpc) is 3.24. The molecule has 2 saturated heterocycles. The van der Waals surface area contributed by atoms with Crippen LogP contribution < -0.4 is 0 Å². The number of rotatable bonds is 5. The summed E-state index contributed by atoms with van der Waals surface area (Å²) < 4.78 is 40.0. The van der Waals surface area contributed by atoms with Crippen LogP contribution in [0.4, 0.5) is 0 Å². The number of hydrogen-bond donors (Lipinski definition) is 0. The Labute approximate surface area is 179 Å². The second kappa shape index (κ2) is 7.18. The molecule has 4 atom stereocenters. The Balaban J connectivity index is 1.70. The maximum Gasteiger partial charge on any atom is 0.308 e. The first-order chi connectivity index (χ1) is 14.0. The fraction of sp³-hybridized carbons (Fsp3) is 0.609. The van der Waals surface area contributed by atoms with Crippen LogP contribution in [0.25, 0.3) is 0 Å². The normalized spacial score (nSPS) is 32.8. The third-order valence-corrected chi connectivity index (χ3v) is 9.14. The van der Waals surface area contributed by atoms with Gasteiger partial charge in [-0.25, -0.2) is 8.42 Å². The molecule has 1 aromatic carbocycles. The molecule has 1 spiro atoms. The number of sulfonamides is 1. The third kappa shape index (κ3) is 3.05. The topological polar surface area (TPSA) is 72.9 Å². The highest BCUT2D eigenvalue weighted by Crippen LogP contribution is 2.67. The summed E-state index contributed by atoms with van der Waals surface area (Å²) >= 11 is 0. The van der Waals surface area contributed by atoms with Crippen LogP contribution in [-0.4, -0.2) is 50.6 Å². The molecule has 0 radical (unpaired) electrons. The second-order valence-electron chi connectivity index (χ2n) is 9.55. The van der Waals surface area contributed by atoms with E-state index in [0.29, 0.717) is 31.1 Å². The molecule has 1 saturated carbocycles. The van der Waals surface area contributed by atoms with Crippen molar-refractivity contribution in [1.29, 1.82) is 0 Å². The first-order valence-electron chi connectivity index (χ1n) is 10.6. The van der Waals surface area contributed by atoms with Crippen LogP contribution >= 0.6 is 0 Å². The van der Waals surface area contributed by atoms with Gasteiger partial charge in [0.1, 0.15) is 0 Å². The van der Waals surface area contributed by atoms with Crippen molar-refractivity contribution in [2.24, 2.45) is 16.7 Å². The summed E-state index contributed by atoms with van der Waals surface area (Å²) in [6.45, 7) is 13.4. The van der Waals surface area contributed by atoms with E-state index in [2.05, 4.69) is 20.4 Å². The highest BCUT2D eigenvalue weighted by atomic mass is 32.2. The van der Waals surface area contributed by atoms with Gasteiger partial charge in [-0.05, 0) is 37.8 Å². The minimum atomic E-state index is -3.66. The molecule has 0 aromatic heterocycles. The fourth-order valence-electron chi connectivity index (χ4n) is 6.09. The van der Waals surface area contributed by atoms with E-state index in [1.54, 1.807) is 23.4 Å². The molecule has 6 nitrogen and oxygen atoms in total. The molecule has 7 heteroatoms. The van der Waals surface area contributed by atoms with Crippen LogP contribution in [0.1, 0.15) is 39.2 Å². The lowest BCUT2D eigenvalue weighted by molar-refractivity contribution is -0.146. The first kappa shape index (κ1) is 21.5. The lowest BCUT2D eigenvalue weighted by atomic mass is 9.66. The zero-order chi connectivity index (χ0) is 21.9. The zero-order valence-electron chi connectivity index (χ0n) is 18.2. The van der Waals surface area contributed by atoms with Crippen molar-refractivity contribution in [1.82, 2.24) is 4.31 Å². The van der Waals surface area contributed by atoms with E-state index in [1.165, 1.54) is 0 Å². The molecule has 3 fully saturated rings. The van der Waals surface area contributed by atoms with Crippen LogP contribution in [0, 0.1) is 23.7 Å². The van der Waals surface area contributed by atoms with Gasteiger partial charge in [-0.2, -0.15) is 4.31 Å². The minimum Gasteiger partial charge on any atom is -0.466 e. The highest BCUT2D eigenvalue weighted by Gasteiger charge is 2.71. The van der Waals surface area contributed by atoms with E-state index in [1.807, 2.05) is 19.1 Å².